The van der Waals surface area contributed by atoms with Crippen LogP contribution >= 0.6 is 0 Å². The number of aliphatic imine (C=N–C) groups is 1. The highest BCUT2D eigenvalue weighted by Crippen LogP contribution is 2.24. The molecule has 1 aromatic carbocycles. The van der Waals surface area contributed by atoms with E-state index in [1.54, 1.807) is 16.8 Å². The number of aryl methyl sites for hydroxylation is 2. The van der Waals surface area contributed by atoms with Crippen molar-refractivity contribution in [3.8, 4) is 0 Å². The Kier molecular flexibility index (Phi) is 6.26. The van der Waals surface area contributed by atoms with E-state index in [4.69, 9.17) is 0 Å². The second kappa shape index (κ2) is 8.83. The second-order valence-corrected chi connectivity index (χ2v) is 6.88. The molecular formula is C19H28FN7. The summed E-state index contributed by atoms with van der Waals surface area (Å²) >= 11 is 0. The first-order valence-electron chi connectivity index (χ1n) is 9.45. The van der Waals surface area contributed by atoms with Crippen molar-refractivity contribution in [2.45, 2.75) is 39.3 Å². The van der Waals surface area contributed by atoms with Gasteiger partial charge in [-0.05, 0) is 44.4 Å². The summed E-state index contributed by atoms with van der Waals surface area (Å²) in [5.41, 5.74) is 1.75. The van der Waals surface area contributed by atoms with Crippen LogP contribution in [-0.2, 0) is 13.6 Å². The molecule has 0 radical (unpaired) electrons. The summed E-state index contributed by atoms with van der Waals surface area (Å²) in [6, 6.07) is 5.48. The van der Waals surface area contributed by atoms with Crippen LogP contribution in [0.3, 0.4) is 0 Å². The number of hydrogen-bond acceptors (Lipinski definition) is 4. The Morgan fingerprint density at radius 3 is 3.00 bits per heavy atom. The average Bonchev–Trinajstić information content (AvgIpc) is 3.07. The zero-order valence-corrected chi connectivity index (χ0v) is 16.2. The van der Waals surface area contributed by atoms with Crippen LogP contribution in [0.4, 0.5) is 10.1 Å². The minimum Gasteiger partial charge on any atom is -0.367 e. The van der Waals surface area contributed by atoms with E-state index in [-0.39, 0.29) is 11.9 Å². The first-order valence-corrected chi connectivity index (χ1v) is 9.45. The summed E-state index contributed by atoms with van der Waals surface area (Å²) in [5, 5.41) is 10.8. The molecule has 1 aliphatic heterocycles. The van der Waals surface area contributed by atoms with Gasteiger partial charge in [0.2, 0.25) is 0 Å². The summed E-state index contributed by atoms with van der Waals surface area (Å²) < 4.78 is 16.0. The zero-order chi connectivity index (χ0) is 19.2. The van der Waals surface area contributed by atoms with Crippen LogP contribution in [0.25, 0.3) is 0 Å². The molecule has 7 nitrogen and oxygen atoms in total. The number of aromatic nitrogens is 3. The molecule has 0 spiro atoms. The van der Waals surface area contributed by atoms with Crippen LogP contribution in [0.5, 0.6) is 0 Å². The van der Waals surface area contributed by atoms with Crippen molar-refractivity contribution in [2.75, 3.05) is 24.5 Å². The fourth-order valence-electron chi connectivity index (χ4n) is 3.31. The van der Waals surface area contributed by atoms with E-state index >= 15 is 0 Å². The lowest BCUT2D eigenvalue weighted by molar-refractivity contribution is 0.462. The van der Waals surface area contributed by atoms with Crippen molar-refractivity contribution in [3.63, 3.8) is 0 Å². The van der Waals surface area contributed by atoms with E-state index in [9.17, 15) is 4.39 Å². The summed E-state index contributed by atoms with van der Waals surface area (Å²) in [5.74, 6) is 1.39. The van der Waals surface area contributed by atoms with E-state index in [1.165, 1.54) is 6.33 Å². The summed E-state index contributed by atoms with van der Waals surface area (Å²) in [6.07, 6.45) is 3.56. The molecule has 2 aromatic rings. The molecule has 0 amide bonds. The van der Waals surface area contributed by atoms with Crippen molar-refractivity contribution in [2.24, 2.45) is 12.0 Å². The molecular weight excluding hydrogens is 345 g/mol. The standard InChI is InChI=1S/C19H28FN7/c1-4-21-19(22-11-18-23-13-24-26(18)3)25-15-6-5-9-27(12-15)17-10-14(2)7-8-16(17)20/h7-8,10,13,15H,4-6,9,11-12H2,1-3H3,(H2,21,22,25). The fraction of sp³-hybridized carbons (Fsp3) is 0.526. The first-order chi connectivity index (χ1) is 13.1. The number of anilines is 1. The normalized spacial score (nSPS) is 17.9. The van der Waals surface area contributed by atoms with Crippen LogP contribution in [0, 0.1) is 12.7 Å². The highest BCUT2D eigenvalue weighted by Gasteiger charge is 2.23. The summed E-state index contributed by atoms with van der Waals surface area (Å²) in [7, 11) is 1.85. The van der Waals surface area contributed by atoms with Crippen molar-refractivity contribution in [1.82, 2.24) is 25.4 Å². The number of hydrogen-bond donors (Lipinski definition) is 2. The number of nitrogens with zero attached hydrogens (tertiary/aromatic N) is 5. The monoisotopic (exact) mass is 373 g/mol. The van der Waals surface area contributed by atoms with Gasteiger partial charge in [-0.2, -0.15) is 5.10 Å². The van der Waals surface area contributed by atoms with Gasteiger partial charge >= 0.3 is 0 Å². The van der Waals surface area contributed by atoms with Gasteiger partial charge in [0.25, 0.3) is 0 Å². The molecule has 3 rings (SSSR count). The van der Waals surface area contributed by atoms with Gasteiger partial charge in [0.05, 0.1) is 5.69 Å². The fourth-order valence-corrected chi connectivity index (χ4v) is 3.31. The summed E-state index contributed by atoms with van der Waals surface area (Å²) in [4.78, 5) is 10.9. The molecule has 0 bridgehead atoms. The van der Waals surface area contributed by atoms with Crippen molar-refractivity contribution in [3.05, 3.63) is 41.7 Å². The predicted molar refractivity (Wildman–Crippen MR) is 105 cm³/mol. The number of nitrogens with one attached hydrogen (secondary N) is 2. The van der Waals surface area contributed by atoms with Crippen LogP contribution in [0.15, 0.2) is 29.5 Å². The minimum absolute atomic E-state index is 0.163. The van der Waals surface area contributed by atoms with Gasteiger partial charge in [-0.25, -0.2) is 14.4 Å². The highest BCUT2D eigenvalue weighted by atomic mass is 19.1. The third-order valence-electron chi connectivity index (χ3n) is 4.73. The highest BCUT2D eigenvalue weighted by molar-refractivity contribution is 5.80. The van der Waals surface area contributed by atoms with Crippen LogP contribution in [0.2, 0.25) is 0 Å². The largest absolute Gasteiger partial charge is 0.367 e. The second-order valence-electron chi connectivity index (χ2n) is 6.88. The molecule has 8 heteroatoms. The molecule has 0 saturated carbocycles. The Bertz CT molecular complexity index is 786. The van der Waals surface area contributed by atoms with E-state index in [2.05, 4.69) is 30.6 Å². The van der Waals surface area contributed by atoms with E-state index in [0.29, 0.717) is 12.2 Å². The average molecular weight is 373 g/mol. The lowest BCUT2D eigenvalue weighted by Gasteiger charge is -2.35. The Morgan fingerprint density at radius 1 is 1.41 bits per heavy atom. The lowest BCUT2D eigenvalue weighted by Crippen LogP contribution is -2.51. The maximum absolute atomic E-state index is 14.3. The Hall–Kier alpha value is -2.64. The number of guanidine groups is 1. The van der Waals surface area contributed by atoms with Gasteiger partial charge in [-0.3, -0.25) is 4.68 Å². The first kappa shape index (κ1) is 19.1. The summed E-state index contributed by atoms with van der Waals surface area (Å²) in [6.45, 7) is 6.86. The zero-order valence-electron chi connectivity index (χ0n) is 16.2. The molecule has 0 aliphatic carbocycles. The van der Waals surface area contributed by atoms with Gasteiger partial charge in [0.1, 0.15) is 24.5 Å². The number of piperidine rings is 1. The van der Waals surface area contributed by atoms with Gasteiger partial charge in [0.15, 0.2) is 5.96 Å². The van der Waals surface area contributed by atoms with Crippen molar-refractivity contribution < 1.29 is 4.39 Å². The van der Waals surface area contributed by atoms with Crippen LogP contribution in [0.1, 0.15) is 31.2 Å². The number of benzene rings is 1. The van der Waals surface area contributed by atoms with E-state index < -0.39 is 0 Å². The molecule has 1 saturated heterocycles. The molecule has 146 valence electrons. The molecule has 1 atom stereocenters. The number of rotatable bonds is 5. The minimum atomic E-state index is -0.163. The smallest absolute Gasteiger partial charge is 0.191 e. The molecule has 1 aliphatic rings. The SMILES string of the molecule is CCNC(=NCc1ncnn1C)NC1CCCN(c2cc(C)ccc2F)C1. The van der Waals surface area contributed by atoms with Gasteiger partial charge < -0.3 is 15.5 Å². The van der Waals surface area contributed by atoms with Crippen molar-refractivity contribution >= 4 is 11.6 Å². The number of halogens is 1. The van der Waals surface area contributed by atoms with Gasteiger partial charge in [-0.15, -0.1) is 0 Å². The molecule has 2 N–H and O–H groups in total. The molecule has 1 unspecified atom stereocenters. The van der Waals surface area contributed by atoms with Gasteiger partial charge in [0, 0.05) is 32.7 Å². The van der Waals surface area contributed by atoms with Gasteiger partial charge in [-0.1, -0.05) is 6.07 Å². The lowest BCUT2D eigenvalue weighted by atomic mass is 10.0. The Morgan fingerprint density at radius 2 is 2.26 bits per heavy atom. The maximum Gasteiger partial charge on any atom is 0.191 e. The van der Waals surface area contributed by atoms with Crippen molar-refractivity contribution in [1.29, 1.82) is 0 Å². The van der Waals surface area contributed by atoms with Crippen LogP contribution < -0.4 is 15.5 Å². The predicted octanol–water partition coefficient (Wildman–Crippen LogP) is 1.99. The Labute approximate surface area is 159 Å². The molecule has 27 heavy (non-hydrogen) atoms. The Balaban J connectivity index is 1.67. The topological polar surface area (TPSA) is 70.4 Å². The molecule has 2 heterocycles. The molecule has 1 aromatic heterocycles. The third-order valence-corrected chi connectivity index (χ3v) is 4.73. The van der Waals surface area contributed by atoms with E-state index in [1.807, 2.05) is 27.0 Å². The third kappa shape index (κ3) is 4.96. The molecule has 1 fully saturated rings. The quantitative estimate of drug-likeness (QED) is 0.620. The van der Waals surface area contributed by atoms with E-state index in [0.717, 1.165) is 49.8 Å². The maximum atomic E-state index is 14.3. The van der Waals surface area contributed by atoms with Crippen LogP contribution in [-0.4, -0.2) is 46.4 Å².